The molecule has 1 amide bonds. The maximum atomic E-state index is 13.6. The van der Waals surface area contributed by atoms with Gasteiger partial charge in [-0.3, -0.25) is 4.79 Å². The van der Waals surface area contributed by atoms with Gasteiger partial charge in [-0.15, -0.1) is 0 Å². The maximum Gasteiger partial charge on any atom is 0.230 e. The van der Waals surface area contributed by atoms with Crippen LogP contribution in [0.4, 0.5) is 4.39 Å². The molecule has 0 bridgehead atoms. The molecule has 3 atom stereocenters. The van der Waals surface area contributed by atoms with Crippen LogP contribution in [-0.4, -0.2) is 25.2 Å². The number of halogens is 1. The Morgan fingerprint density at radius 2 is 2.26 bits per heavy atom. The van der Waals surface area contributed by atoms with Crippen LogP contribution < -0.4 is 11.1 Å². The molecule has 5 heteroatoms. The van der Waals surface area contributed by atoms with E-state index >= 15 is 0 Å². The third kappa shape index (κ3) is 2.62. The first kappa shape index (κ1) is 14.0. The van der Waals surface area contributed by atoms with Crippen LogP contribution in [-0.2, 0) is 9.53 Å². The van der Waals surface area contributed by atoms with Gasteiger partial charge in [0, 0.05) is 11.6 Å². The molecule has 0 spiro atoms. The van der Waals surface area contributed by atoms with E-state index in [1.807, 2.05) is 0 Å². The van der Waals surface area contributed by atoms with Gasteiger partial charge < -0.3 is 15.8 Å². The van der Waals surface area contributed by atoms with Crippen molar-refractivity contribution in [3.05, 3.63) is 35.6 Å². The average molecular weight is 266 g/mol. The number of hydrogen-bond acceptors (Lipinski definition) is 3. The molecule has 2 unspecified atom stereocenters. The number of amides is 1. The number of nitrogens with one attached hydrogen (secondary N) is 1. The molecule has 1 heterocycles. The van der Waals surface area contributed by atoms with Crippen LogP contribution in [0.5, 0.6) is 0 Å². The Kier molecular flexibility index (Phi) is 3.87. The second-order valence-corrected chi connectivity index (χ2v) is 5.26. The number of carbonyl (C=O) groups excluding carboxylic acids is 1. The molecular formula is C14H19FN2O2. The van der Waals surface area contributed by atoms with Gasteiger partial charge in [0.2, 0.25) is 5.91 Å². The Labute approximate surface area is 112 Å². The molecule has 4 nitrogen and oxygen atoms in total. The van der Waals surface area contributed by atoms with Crippen LogP contribution in [0, 0.1) is 11.2 Å². The Hall–Kier alpha value is -1.46. The van der Waals surface area contributed by atoms with Crippen molar-refractivity contribution in [1.29, 1.82) is 0 Å². The van der Waals surface area contributed by atoms with Gasteiger partial charge in [0.05, 0.1) is 24.7 Å². The summed E-state index contributed by atoms with van der Waals surface area (Å²) in [7, 11) is 0. The minimum Gasteiger partial charge on any atom is -0.379 e. The topological polar surface area (TPSA) is 64.3 Å². The monoisotopic (exact) mass is 266 g/mol. The summed E-state index contributed by atoms with van der Waals surface area (Å²) in [6, 6.07) is 5.67. The van der Waals surface area contributed by atoms with E-state index < -0.39 is 11.5 Å². The average Bonchev–Trinajstić information content (AvgIpc) is 2.71. The van der Waals surface area contributed by atoms with Gasteiger partial charge >= 0.3 is 0 Å². The first-order chi connectivity index (χ1) is 8.95. The number of benzene rings is 1. The van der Waals surface area contributed by atoms with E-state index in [0.29, 0.717) is 18.8 Å². The summed E-state index contributed by atoms with van der Waals surface area (Å²) in [4.78, 5) is 12.3. The predicted molar refractivity (Wildman–Crippen MR) is 69.9 cm³/mol. The lowest BCUT2D eigenvalue weighted by Gasteiger charge is -2.27. The summed E-state index contributed by atoms with van der Waals surface area (Å²) in [5, 5.41) is 2.81. The SMILES string of the molecule is C[C@@H](NC(=O)C1(C)COCC1N)c1ccccc1F. The smallest absolute Gasteiger partial charge is 0.230 e. The van der Waals surface area contributed by atoms with Crippen LogP contribution in [0.1, 0.15) is 25.5 Å². The highest BCUT2D eigenvalue weighted by Gasteiger charge is 2.44. The molecule has 2 rings (SSSR count). The van der Waals surface area contributed by atoms with Crippen LogP contribution in [0.2, 0.25) is 0 Å². The van der Waals surface area contributed by atoms with E-state index in [1.54, 1.807) is 32.0 Å². The van der Waals surface area contributed by atoms with E-state index in [0.717, 1.165) is 0 Å². The lowest BCUT2D eigenvalue weighted by Crippen LogP contribution is -2.50. The second-order valence-electron chi connectivity index (χ2n) is 5.26. The molecule has 1 aliphatic heterocycles. The quantitative estimate of drug-likeness (QED) is 0.868. The van der Waals surface area contributed by atoms with Crippen LogP contribution in [0.3, 0.4) is 0 Å². The van der Waals surface area contributed by atoms with Gasteiger partial charge in [0.15, 0.2) is 0 Å². The standard InChI is InChI=1S/C14H19FN2O2/c1-9(10-5-3-4-6-11(10)15)17-13(18)14(2)8-19-7-12(14)16/h3-6,9,12H,7-8,16H2,1-2H3,(H,17,18)/t9-,12?,14?/m1/s1. The normalized spacial score (nSPS) is 28.1. The minimum atomic E-state index is -0.750. The van der Waals surface area contributed by atoms with Crippen molar-refractivity contribution in [3.8, 4) is 0 Å². The Morgan fingerprint density at radius 1 is 1.58 bits per heavy atom. The number of hydrogen-bond donors (Lipinski definition) is 2. The van der Waals surface area contributed by atoms with Crippen molar-refractivity contribution in [1.82, 2.24) is 5.32 Å². The summed E-state index contributed by atoms with van der Waals surface area (Å²) in [5.41, 5.74) is 5.61. The third-order valence-electron chi connectivity index (χ3n) is 3.76. The predicted octanol–water partition coefficient (Wildman–Crippen LogP) is 1.37. The van der Waals surface area contributed by atoms with Gasteiger partial charge in [-0.2, -0.15) is 0 Å². The fraction of sp³-hybridized carbons (Fsp3) is 0.500. The summed E-state index contributed by atoms with van der Waals surface area (Å²) in [5.74, 6) is -0.527. The van der Waals surface area contributed by atoms with Crippen LogP contribution in [0.15, 0.2) is 24.3 Å². The second kappa shape index (κ2) is 5.27. The highest BCUT2D eigenvalue weighted by molar-refractivity contribution is 5.84. The largest absolute Gasteiger partial charge is 0.379 e. The molecule has 1 aromatic rings. The number of ether oxygens (including phenoxy) is 1. The highest BCUT2D eigenvalue weighted by Crippen LogP contribution is 2.28. The molecule has 0 saturated carbocycles. The molecule has 1 fully saturated rings. The maximum absolute atomic E-state index is 13.6. The van der Waals surface area contributed by atoms with Crippen molar-refractivity contribution >= 4 is 5.91 Å². The summed E-state index contributed by atoms with van der Waals surface area (Å²) in [6.45, 7) is 4.19. The molecule has 1 aliphatic rings. The van der Waals surface area contributed by atoms with Gasteiger partial charge in [-0.1, -0.05) is 18.2 Å². The molecule has 0 radical (unpaired) electrons. The summed E-state index contributed by atoms with van der Waals surface area (Å²) >= 11 is 0. The van der Waals surface area contributed by atoms with E-state index in [1.165, 1.54) is 6.07 Å². The number of nitrogens with two attached hydrogens (primary N) is 1. The van der Waals surface area contributed by atoms with Gasteiger partial charge in [0.1, 0.15) is 5.82 Å². The fourth-order valence-electron chi connectivity index (χ4n) is 2.19. The van der Waals surface area contributed by atoms with E-state index in [9.17, 15) is 9.18 Å². The summed E-state index contributed by atoms with van der Waals surface area (Å²) < 4.78 is 18.9. The first-order valence-electron chi connectivity index (χ1n) is 6.34. The molecule has 0 aliphatic carbocycles. The van der Waals surface area contributed by atoms with Crippen molar-refractivity contribution in [2.45, 2.75) is 25.9 Å². The first-order valence-corrected chi connectivity index (χ1v) is 6.34. The molecule has 19 heavy (non-hydrogen) atoms. The lowest BCUT2D eigenvalue weighted by atomic mass is 9.84. The Bertz CT molecular complexity index is 480. The zero-order valence-corrected chi connectivity index (χ0v) is 11.2. The highest BCUT2D eigenvalue weighted by atomic mass is 19.1. The van der Waals surface area contributed by atoms with Gasteiger partial charge in [0.25, 0.3) is 0 Å². The zero-order chi connectivity index (χ0) is 14.0. The van der Waals surface area contributed by atoms with Crippen LogP contribution >= 0.6 is 0 Å². The van der Waals surface area contributed by atoms with Crippen molar-refractivity contribution in [2.24, 2.45) is 11.1 Å². The van der Waals surface area contributed by atoms with E-state index in [2.05, 4.69) is 5.32 Å². The molecule has 1 saturated heterocycles. The zero-order valence-electron chi connectivity index (χ0n) is 11.2. The number of rotatable bonds is 3. The van der Waals surface area contributed by atoms with Gasteiger partial charge in [-0.05, 0) is 19.9 Å². The lowest BCUT2D eigenvalue weighted by molar-refractivity contribution is -0.131. The Morgan fingerprint density at radius 3 is 2.84 bits per heavy atom. The molecular weight excluding hydrogens is 247 g/mol. The molecule has 104 valence electrons. The Balaban J connectivity index is 2.09. The van der Waals surface area contributed by atoms with Crippen molar-refractivity contribution < 1.29 is 13.9 Å². The number of carbonyl (C=O) groups is 1. The minimum absolute atomic E-state index is 0.201. The molecule has 0 aromatic heterocycles. The molecule has 1 aromatic carbocycles. The van der Waals surface area contributed by atoms with E-state index in [4.69, 9.17) is 10.5 Å². The van der Waals surface area contributed by atoms with Crippen LogP contribution in [0.25, 0.3) is 0 Å². The summed E-state index contributed by atoms with van der Waals surface area (Å²) in [6.07, 6.45) is 0. The van der Waals surface area contributed by atoms with Crippen molar-refractivity contribution in [2.75, 3.05) is 13.2 Å². The molecule has 3 N–H and O–H groups in total. The van der Waals surface area contributed by atoms with Gasteiger partial charge in [-0.25, -0.2) is 4.39 Å². The van der Waals surface area contributed by atoms with Crippen molar-refractivity contribution in [3.63, 3.8) is 0 Å². The fourth-order valence-corrected chi connectivity index (χ4v) is 2.19. The van der Waals surface area contributed by atoms with E-state index in [-0.39, 0.29) is 17.8 Å². The third-order valence-corrected chi connectivity index (χ3v) is 3.76.